The van der Waals surface area contributed by atoms with Crippen LogP contribution in [-0.4, -0.2) is 12.6 Å². The summed E-state index contributed by atoms with van der Waals surface area (Å²) in [5, 5.41) is 0. The van der Waals surface area contributed by atoms with E-state index in [-0.39, 0.29) is 0 Å². The third-order valence-electron chi connectivity index (χ3n) is 2.54. The van der Waals surface area contributed by atoms with Crippen LogP contribution in [0.15, 0.2) is 32.6 Å². The number of aliphatic imine (C=N–C) groups is 1. The van der Waals surface area contributed by atoms with Gasteiger partial charge in [-0.2, -0.15) is 4.99 Å². The minimum Gasteiger partial charge on any atom is -0.464 e. The molecule has 1 fully saturated rings. The first-order valence-corrected chi connectivity index (χ1v) is 6.86. The van der Waals surface area contributed by atoms with Gasteiger partial charge in [-0.05, 0) is 48.9 Å². The second-order valence-corrected chi connectivity index (χ2v) is 5.75. The lowest BCUT2D eigenvalue weighted by atomic mass is 10.3. The molecule has 0 unspecified atom stereocenters. The minimum absolute atomic E-state index is 0.627. The van der Waals surface area contributed by atoms with Gasteiger partial charge in [-0.15, -0.1) is 0 Å². The van der Waals surface area contributed by atoms with Crippen LogP contribution in [0.4, 0.5) is 5.69 Å². The first-order valence-electron chi connectivity index (χ1n) is 5.25. The maximum absolute atomic E-state index is 5.61. The summed E-state index contributed by atoms with van der Waals surface area (Å²) in [6.45, 7) is 0.787. The highest BCUT2D eigenvalue weighted by Crippen LogP contribution is 2.34. The molecule has 0 bridgehead atoms. The number of nitrogens with one attached hydrogen (secondary N) is 1. The topological polar surface area (TPSA) is 33.6 Å². The molecule has 0 aromatic heterocycles. The lowest BCUT2D eigenvalue weighted by Gasteiger charge is -2.16. The predicted octanol–water partition coefficient (Wildman–Crippen LogP) is 3.47. The van der Waals surface area contributed by atoms with Crippen LogP contribution in [0.5, 0.6) is 0 Å². The van der Waals surface area contributed by atoms with Crippen molar-refractivity contribution in [3.05, 3.63) is 22.7 Å². The van der Waals surface area contributed by atoms with Crippen molar-refractivity contribution in [2.24, 2.45) is 10.9 Å². The number of hydrogen-bond acceptors (Lipinski definition) is 4. The Kier molecular flexibility index (Phi) is 2.81. The van der Waals surface area contributed by atoms with E-state index in [1.54, 1.807) is 11.9 Å². The lowest BCUT2D eigenvalue weighted by Crippen LogP contribution is -2.22. The fraction of sp³-hybridized carbons (Fsp3) is 0.364. The second kappa shape index (κ2) is 4.30. The van der Waals surface area contributed by atoms with Crippen LogP contribution >= 0.6 is 27.9 Å². The number of amidine groups is 1. The molecule has 0 amide bonds. The maximum atomic E-state index is 5.61. The monoisotopic (exact) mass is 298 g/mol. The van der Waals surface area contributed by atoms with Crippen LogP contribution < -0.4 is 4.72 Å². The van der Waals surface area contributed by atoms with E-state index in [9.17, 15) is 0 Å². The number of ether oxygens (including phenoxy) is 1. The summed E-state index contributed by atoms with van der Waals surface area (Å²) in [7, 11) is 0. The standard InChI is InChI=1S/C11H11BrN2OS/c12-8-3-4-10-9(5-8)13-11(14-16-10)15-6-7-1-2-7/h3-5,7H,1-2,6H2,(H,13,14). The van der Waals surface area contributed by atoms with Crippen LogP contribution in [-0.2, 0) is 4.74 Å². The molecule has 3 rings (SSSR count). The smallest absolute Gasteiger partial charge is 0.300 e. The molecule has 3 nitrogen and oxygen atoms in total. The van der Waals surface area contributed by atoms with Gasteiger partial charge in [-0.3, -0.25) is 4.72 Å². The summed E-state index contributed by atoms with van der Waals surface area (Å²) in [5.74, 6) is 0.749. The third kappa shape index (κ3) is 2.35. The van der Waals surface area contributed by atoms with E-state index in [4.69, 9.17) is 4.74 Å². The average molecular weight is 299 g/mol. The van der Waals surface area contributed by atoms with Gasteiger partial charge in [0.1, 0.15) is 0 Å². The van der Waals surface area contributed by atoms with Gasteiger partial charge >= 0.3 is 6.02 Å². The second-order valence-electron chi connectivity index (χ2n) is 3.99. The molecule has 1 aliphatic heterocycles. The van der Waals surface area contributed by atoms with Gasteiger partial charge in [0.15, 0.2) is 0 Å². The zero-order valence-corrected chi connectivity index (χ0v) is 11.0. The van der Waals surface area contributed by atoms with Crippen LogP contribution in [0.25, 0.3) is 0 Å². The van der Waals surface area contributed by atoms with Crippen molar-refractivity contribution >= 4 is 39.6 Å². The molecule has 1 aromatic carbocycles. The van der Waals surface area contributed by atoms with Crippen LogP contribution in [0.1, 0.15) is 12.8 Å². The van der Waals surface area contributed by atoms with Gasteiger partial charge in [0.05, 0.1) is 17.2 Å². The largest absolute Gasteiger partial charge is 0.464 e. The van der Waals surface area contributed by atoms with Crippen molar-refractivity contribution in [2.45, 2.75) is 17.7 Å². The molecule has 1 aromatic rings. The first-order chi connectivity index (χ1) is 7.81. The van der Waals surface area contributed by atoms with Crippen molar-refractivity contribution < 1.29 is 4.74 Å². The normalized spacial score (nSPS) is 18.4. The zero-order valence-electron chi connectivity index (χ0n) is 8.57. The van der Waals surface area contributed by atoms with Crippen LogP contribution in [0.2, 0.25) is 0 Å². The molecule has 0 saturated heterocycles. The van der Waals surface area contributed by atoms with E-state index in [0.717, 1.165) is 27.6 Å². The molecule has 1 aliphatic carbocycles. The third-order valence-corrected chi connectivity index (χ3v) is 3.88. The van der Waals surface area contributed by atoms with E-state index in [1.807, 2.05) is 18.2 Å². The van der Waals surface area contributed by atoms with Gasteiger partial charge in [0, 0.05) is 4.47 Å². The van der Waals surface area contributed by atoms with Gasteiger partial charge in [0.2, 0.25) is 0 Å². The van der Waals surface area contributed by atoms with E-state index >= 15 is 0 Å². The van der Waals surface area contributed by atoms with E-state index < -0.39 is 0 Å². The predicted molar refractivity (Wildman–Crippen MR) is 68.9 cm³/mol. The maximum Gasteiger partial charge on any atom is 0.300 e. The number of halogens is 1. The fourth-order valence-corrected chi connectivity index (χ4v) is 2.43. The van der Waals surface area contributed by atoms with E-state index in [0.29, 0.717) is 6.02 Å². The SMILES string of the molecule is Brc1ccc2c(c1)N=C(OCC1CC1)NS2. The molecule has 16 heavy (non-hydrogen) atoms. The molecule has 0 atom stereocenters. The first kappa shape index (κ1) is 10.5. The number of nitrogens with zero attached hydrogens (tertiary/aromatic N) is 1. The number of fused-ring (bicyclic) bond motifs is 1. The molecule has 1 N–H and O–H groups in total. The Hall–Kier alpha value is -0.680. The average Bonchev–Trinajstić information content (AvgIpc) is 3.09. The molecule has 5 heteroatoms. The van der Waals surface area contributed by atoms with E-state index in [2.05, 4.69) is 25.6 Å². The van der Waals surface area contributed by atoms with Gasteiger partial charge < -0.3 is 4.74 Å². The number of hydrogen-bond donors (Lipinski definition) is 1. The summed E-state index contributed by atoms with van der Waals surface area (Å²) >= 11 is 4.99. The quantitative estimate of drug-likeness (QED) is 0.849. The molecule has 84 valence electrons. The van der Waals surface area contributed by atoms with Crippen molar-refractivity contribution in [1.29, 1.82) is 0 Å². The Labute approximate surface area is 107 Å². The summed E-state index contributed by atoms with van der Waals surface area (Å²) in [6.07, 6.45) is 2.59. The lowest BCUT2D eigenvalue weighted by molar-refractivity contribution is 0.279. The number of benzene rings is 1. The highest BCUT2D eigenvalue weighted by atomic mass is 79.9. The minimum atomic E-state index is 0.627. The summed E-state index contributed by atoms with van der Waals surface area (Å²) in [5.41, 5.74) is 0.962. The van der Waals surface area contributed by atoms with Crippen molar-refractivity contribution in [3.8, 4) is 0 Å². The van der Waals surface area contributed by atoms with Gasteiger partial charge in [-0.25, -0.2) is 0 Å². The highest BCUT2D eigenvalue weighted by molar-refractivity contribution is 9.10. The van der Waals surface area contributed by atoms with Crippen molar-refractivity contribution in [3.63, 3.8) is 0 Å². The molecule has 0 radical (unpaired) electrons. The van der Waals surface area contributed by atoms with Gasteiger partial charge in [0.25, 0.3) is 0 Å². The molecule has 1 saturated carbocycles. The molecular weight excluding hydrogens is 288 g/mol. The Morgan fingerprint density at radius 3 is 3.19 bits per heavy atom. The number of rotatable bonds is 2. The van der Waals surface area contributed by atoms with Crippen molar-refractivity contribution in [1.82, 2.24) is 4.72 Å². The zero-order chi connectivity index (χ0) is 11.0. The summed E-state index contributed by atoms with van der Waals surface area (Å²) in [4.78, 5) is 5.57. The van der Waals surface area contributed by atoms with Crippen LogP contribution in [0, 0.1) is 5.92 Å². The summed E-state index contributed by atoms with van der Waals surface area (Å²) < 4.78 is 9.75. The molecule has 0 spiro atoms. The molecule has 1 heterocycles. The Balaban J connectivity index is 1.76. The Morgan fingerprint density at radius 2 is 2.38 bits per heavy atom. The van der Waals surface area contributed by atoms with Gasteiger partial charge in [-0.1, -0.05) is 15.9 Å². The Bertz CT molecular complexity index is 446. The molecular formula is C11H11BrN2OS. The molecule has 2 aliphatic rings. The van der Waals surface area contributed by atoms with Crippen molar-refractivity contribution in [2.75, 3.05) is 6.61 Å². The van der Waals surface area contributed by atoms with Crippen LogP contribution in [0.3, 0.4) is 0 Å². The van der Waals surface area contributed by atoms with E-state index in [1.165, 1.54) is 12.8 Å². The fourth-order valence-electron chi connectivity index (χ4n) is 1.44. The summed E-state index contributed by atoms with van der Waals surface area (Å²) in [6, 6.07) is 6.68. The Morgan fingerprint density at radius 1 is 1.50 bits per heavy atom. The highest BCUT2D eigenvalue weighted by Gasteiger charge is 2.23.